The minimum Gasteiger partial charge on any atom is -0.368 e. The molecule has 0 bridgehead atoms. The maximum absolute atomic E-state index is 13.6. The van der Waals surface area contributed by atoms with Gasteiger partial charge in [-0.2, -0.15) is 0 Å². The van der Waals surface area contributed by atoms with Crippen molar-refractivity contribution in [2.75, 3.05) is 31.1 Å². The van der Waals surface area contributed by atoms with Crippen LogP contribution in [0.4, 0.5) is 5.69 Å². The first kappa shape index (κ1) is 20.0. The van der Waals surface area contributed by atoms with Crippen molar-refractivity contribution in [2.45, 2.75) is 0 Å². The summed E-state index contributed by atoms with van der Waals surface area (Å²) >= 11 is 12.4. The quantitative estimate of drug-likeness (QED) is 0.410. The molecular weight excluding hydrogens is 429 g/mol. The number of piperazine rings is 1. The SMILES string of the molecule is O=C(c1[nH]c2ccc(Cl)cc2c1-c1ccccc1)N1CCN(c2cccc(Cl)c2)CC1. The number of carbonyl (C=O) groups excluding carboxylic acids is 1. The van der Waals surface area contributed by atoms with Crippen molar-refractivity contribution >= 4 is 45.7 Å². The number of anilines is 1. The van der Waals surface area contributed by atoms with Crippen molar-refractivity contribution in [3.8, 4) is 11.1 Å². The highest BCUT2D eigenvalue weighted by Gasteiger charge is 2.27. The van der Waals surface area contributed by atoms with Crippen molar-refractivity contribution < 1.29 is 4.79 Å². The lowest BCUT2D eigenvalue weighted by Gasteiger charge is -2.36. The molecule has 1 amide bonds. The zero-order chi connectivity index (χ0) is 21.4. The Labute approximate surface area is 191 Å². The highest BCUT2D eigenvalue weighted by molar-refractivity contribution is 6.31. The van der Waals surface area contributed by atoms with Gasteiger partial charge in [0.05, 0.1) is 0 Å². The number of halogens is 2. The third kappa shape index (κ3) is 3.89. The number of nitrogens with zero attached hydrogens (tertiary/aromatic N) is 2. The van der Waals surface area contributed by atoms with Gasteiger partial charge in [-0.05, 0) is 42.0 Å². The molecular formula is C25H21Cl2N3O. The van der Waals surface area contributed by atoms with Gasteiger partial charge in [0, 0.05) is 58.4 Å². The third-order valence-corrected chi connectivity index (χ3v) is 6.25. The highest BCUT2D eigenvalue weighted by Crippen LogP contribution is 2.35. The fourth-order valence-electron chi connectivity index (χ4n) is 4.23. The number of hydrogen-bond acceptors (Lipinski definition) is 2. The molecule has 31 heavy (non-hydrogen) atoms. The number of H-pyrrole nitrogens is 1. The van der Waals surface area contributed by atoms with Gasteiger partial charge in [0.1, 0.15) is 5.69 Å². The number of hydrogen-bond donors (Lipinski definition) is 1. The molecule has 4 aromatic rings. The highest BCUT2D eigenvalue weighted by atomic mass is 35.5. The summed E-state index contributed by atoms with van der Waals surface area (Å²) in [4.78, 5) is 21.1. The summed E-state index contributed by atoms with van der Waals surface area (Å²) in [6.45, 7) is 2.82. The molecule has 0 spiro atoms. The van der Waals surface area contributed by atoms with Crippen LogP contribution in [-0.4, -0.2) is 42.0 Å². The van der Waals surface area contributed by atoms with Gasteiger partial charge < -0.3 is 14.8 Å². The van der Waals surface area contributed by atoms with Crippen LogP contribution in [-0.2, 0) is 0 Å². The van der Waals surface area contributed by atoms with E-state index in [0.717, 1.165) is 45.8 Å². The van der Waals surface area contributed by atoms with E-state index in [1.807, 2.05) is 71.6 Å². The Hall–Kier alpha value is -2.95. The second-order valence-corrected chi connectivity index (χ2v) is 8.56. The van der Waals surface area contributed by atoms with Crippen molar-refractivity contribution in [3.63, 3.8) is 0 Å². The van der Waals surface area contributed by atoms with Gasteiger partial charge in [-0.1, -0.05) is 59.6 Å². The normalized spacial score (nSPS) is 14.3. The first-order chi connectivity index (χ1) is 15.1. The molecule has 156 valence electrons. The molecule has 1 aliphatic rings. The van der Waals surface area contributed by atoms with Crippen molar-refractivity contribution in [1.82, 2.24) is 9.88 Å². The average molecular weight is 450 g/mol. The molecule has 6 heteroatoms. The zero-order valence-electron chi connectivity index (χ0n) is 16.8. The van der Waals surface area contributed by atoms with E-state index in [1.165, 1.54) is 0 Å². The van der Waals surface area contributed by atoms with Gasteiger partial charge in [-0.3, -0.25) is 4.79 Å². The van der Waals surface area contributed by atoms with E-state index in [-0.39, 0.29) is 5.91 Å². The molecule has 2 heterocycles. The maximum Gasteiger partial charge on any atom is 0.271 e. The number of benzene rings is 3. The monoisotopic (exact) mass is 449 g/mol. The van der Waals surface area contributed by atoms with Crippen LogP contribution in [0.15, 0.2) is 72.8 Å². The number of rotatable bonds is 3. The Morgan fingerprint density at radius 2 is 1.55 bits per heavy atom. The molecule has 0 saturated carbocycles. The van der Waals surface area contributed by atoms with E-state index in [1.54, 1.807) is 0 Å². The van der Waals surface area contributed by atoms with Gasteiger partial charge in [0.25, 0.3) is 5.91 Å². The van der Waals surface area contributed by atoms with Crippen LogP contribution >= 0.6 is 23.2 Å². The predicted octanol–water partition coefficient (Wildman–Crippen LogP) is 6.10. The minimum absolute atomic E-state index is 0.0110. The lowest BCUT2D eigenvalue weighted by Crippen LogP contribution is -2.49. The molecule has 1 saturated heterocycles. The van der Waals surface area contributed by atoms with Gasteiger partial charge in [-0.25, -0.2) is 0 Å². The standard InChI is InChI=1S/C25H21Cl2N3O/c26-18-7-4-8-20(15-18)29-11-13-30(14-12-29)25(31)24-23(17-5-2-1-3-6-17)21-16-19(27)9-10-22(21)28-24/h1-10,15-16,28H,11-14H2. The Balaban J connectivity index is 1.45. The molecule has 1 aromatic heterocycles. The second kappa shape index (κ2) is 8.29. The Morgan fingerprint density at radius 3 is 2.29 bits per heavy atom. The summed E-state index contributed by atoms with van der Waals surface area (Å²) in [5.41, 5.74) is 4.51. The number of amides is 1. The summed E-state index contributed by atoms with van der Waals surface area (Å²) in [6, 6.07) is 23.5. The Kier molecular flexibility index (Phi) is 5.34. The molecule has 1 N–H and O–H groups in total. The van der Waals surface area contributed by atoms with Gasteiger partial charge >= 0.3 is 0 Å². The topological polar surface area (TPSA) is 39.3 Å². The van der Waals surface area contributed by atoms with Crippen LogP contribution < -0.4 is 4.90 Å². The lowest BCUT2D eigenvalue weighted by molar-refractivity contribution is 0.0742. The summed E-state index contributed by atoms with van der Waals surface area (Å²) < 4.78 is 0. The molecule has 0 unspecified atom stereocenters. The van der Waals surface area contributed by atoms with E-state index in [2.05, 4.69) is 16.0 Å². The first-order valence-electron chi connectivity index (χ1n) is 10.3. The predicted molar refractivity (Wildman–Crippen MR) is 128 cm³/mol. The van der Waals surface area contributed by atoms with Crippen LogP contribution in [0.25, 0.3) is 22.0 Å². The number of aromatic amines is 1. The molecule has 1 fully saturated rings. The third-order valence-electron chi connectivity index (χ3n) is 5.78. The first-order valence-corrected chi connectivity index (χ1v) is 11.0. The van der Waals surface area contributed by atoms with Crippen LogP contribution in [0.2, 0.25) is 10.0 Å². The fraction of sp³-hybridized carbons (Fsp3) is 0.160. The molecule has 3 aromatic carbocycles. The number of fused-ring (bicyclic) bond motifs is 1. The van der Waals surface area contributed by atoms with Crippen molar-refractivity contribution in [3.05, 3.63) is 88.5 Å². The average Bonchev–Trinajstić information content (AvgIpc) is 3.18. The molecule has 0 aliphatic carbocycles. The smallest absolute Gasteiger partial charge is 0.271 e. The van der Waals surface area contributed by atoms with Crippen molar-refractivity contribution in [2.24, 2.45) is 0 Å². The van der Waals surface area contributed by atoms with Crippen LogP contribution in [0.5, 0.6) is 0 Å². The van der Waals surface area contributed by atoms with E-state index < -0.39 is 0 Å². The summed E-state index contributed by atoms with van der Waals surface area (Å²) in [7, 11) is 0. The van der Waals surface area contributed by atoms with Gasteiger partial charge in [0.2, 0.25) is 0 Å². The van der Waals surface area contributed by atoms with Crippen LogP contribution in [0.3, 0.4) is 0 Å². The van der Waals surface area contributed by atoms with Gasteiger partial charge in [0.15, 0.2) is 0 Å². The van der Waals surface area contributed by atoms with E-state index >= 15 is 0 Å². The van der Waals surface area contributed by atoms with Gasteiger partial charge in [-0.15, -0.1) is 0 Å². The largest absolute Gasteiger partial charge is 0.368 e. The molecule has 1 aliphatic heterocycles. The molecule has 4 nitrogen and oxygen atoms in total. The Bertz CT molecular complexity index is 1240. The van der Waals surface area contributed by atoms with E-state index in [4.69, 9.17) is 23.2 Å². The molecule has 0 atom stereocenters. The van der Waals surface area contributed by atoms with Crippen LogP contribution in [0.1, 0.15) is 10.5 Å². The minimum atomic E-state index is 0.0110. The fourth-order valence-corrected chi connectivity index (χ4v) is 4.58. The summed E-state index contributed by atoms with van der Waals surface area (Å²) in [5, 5.41) is 2.33. The van der Waals surface area contributed by atoms with E-state index in [0.29, 0.717) is 23.8 Å². The molecule has 5 rings (SSSR count). The number of nitrogens with one attached hydrogen (secondary N) is 1. The summed E-state index contributed by atoms with van der Waals surface area (Å²) in [5.74, 6) is 0.0110. The maximum atomic E-state index is 13.6. The lowest BCUT2D eigenvalue weighted by atomic mass is 10.0. The molecule has 0 radical (unpaired) electrons. The van der Waals surface area contributed by atoms with Crippen LogP contribution in [0, 0.1) is 0 Å². The van der Waals surface area contributed by atoms with Crippen molar-refractivity contribution in [1.29, 1.82) is 0 Å². The summed E-state index contributed by atoms with van der Waals surface area (Å²) in [6.07, 6.45) is 0. The second-order valence-electron chi connectivity index (χ2n) is 7.69. The number of carbonyl (C=O) groups is 1. The van der Waals surface area contributed by atoms with E-state index in [9.17, 15) is 4.79 Å². The number of aromatic nitrogens is 1. The Morgan fingerprint density at radius 1 is 0.806 bits per heavy atom. The zero-order valence-corrected chi connectivity index (χ0v) is 18.3.